The minimum atomic E-state index is -0.209. The van der Waals surface area contributed by atoms with Crippen LogP contribution < -0.4 is 4.90 Å². The van der Waals surface area contributed by atoms with E-state index in [1.165, 1.54) is 0 Å². The quantitative estimate of drug-likeness (QED) is 0.593. The lowest BCUT2D eigenvalue weighted by atomic mass is 9.86. The van der Waals surface area contributed by atoms with Crippen LogP contribution in [0.15, 0.2) is 43.0 Å². The first-order chi connectivity index (χ1) is 11.3. The van der Waals surface area contributed by atoms with E-state index in [4.69, 9.17) is 4.74 Å². The van der Waals surface area contributed by atoms with E-state index in [9.17, 15) is 4.79 Å². The maximum atomic E-state index is 12.7. The van der Waals surface area contributed by atoms with Crippen molar-refractivity contribution in [1.29, 1.82) is 0 Å². The predicted octanol–water partition coefficient (Wildman–Crippen LogP) is 3.69. The molecule has 3 fully saturated rings. The molecule has 3 heterocycles. The van der Waals surface area contributed by atoms with Crippen LogP contribution in [0.3, 0.4) is 0 Å². The topological polar surface area (TPSA) is 32.8 Å². The monoisotopic (exact) mass is 314 g/mol. The van der Waals surface area contributed by atoms with Gasteiger partial charge in [0.15, 0.2) is 0 Å². The summed E-state index contributed by atoms with van der Waals surface area (Å²) in [4.78, 5) is 16.9. The summed E-state index contributed by atoms with van der Waals surface area (Å²) >= 11 is 0. The van der Waals surface area contributed by atoms with Gasteiger partial charge in [-0.25, -0.2) is 4.79 Å². The van der Waals surface area contributed by atoms with E-state index in [-0.39, 0.29) is 12.2 Å². The molecule has 1 aromatic rings. The first-order valence-corrected chi connectivity index (χ1v) is 8.64. The second-order valence-electron chi connectivity index (χ2n) is 6.48. The number of piperidine rings is 3. The molecule has 0 N–H and O–H groups in total. The van der Waals surface area contributed by atoms with Crippen LogP contribution in [0.5, 0.6) is 0 Å². The number of hydrogen-bond acceptors (Lipinski definition) is 3. The second-order valence-corrected chi connectivity index (χ2v) is 6.48. The first-order valence-electron chi connectivity index (χ1n) is 8.64. The van der Waals surface area contributed by atoms with E-state index in [0.717, 1.165) is 51.0 Å². The summed E-state index contributed by atoms with van der Waals surface area (Å²) in [6.07, 6.45) is 5.83. The lowest BCUT2D eigenvalue weighted by molar-refractivity contribution is -0.0310. The Morgan fingerprint density at radius 2 is 2.04 bits per heavy atom. The summed E-state index contributed by atoms with van der Waals surface area (Å²) in [7, 11) is 0. The zero-order chi connectivity index (χ0) is 16.1. The number of rotatable bonds is 6. The molecule has 0 unspecified atom stereocenters. The van der Waals surface area contributed by atoms with Crippen LogP contribution in [0.2, 0.25) is 0 Å². The number of unbranched alkanes of at least 4 members (excludes halogenated alkanes) is 1. The number of amides is 1. The average Bonchev–Trinajstić information content (AvgIpc) is 2.60. The van der Waals surface area contributed by atoms with Crippen molar-refractivity contribution in [2.75, 3.05) is 31.1 Å². The molecular formula is C19H26N2O2. The molecule has 0 spiro atoms. The zero-order valence-electron chi connectivity index (χ0n) is 13.7. The number of anilines is 1. The highest BCUT2D eigenvalue weighted by Gasteiger charge is 2.37. The van der Waals surface area contributed by atoms with Gasteiger partial charge in [0, 0.05) is 18.8 Å². The molecule has 3 aliphatic rings. The molecule has 124 valence electrons. The van der Waals surface area contributed by atoms with Gasteiger partial charge in [-0.3, -0.25) is 9.80 Å². The number of carbonyl (C=O) groups excluding carboxylic acids is 1. The molecule has 0 radical (unpaired) electrons. The van der Waals surface area contributed by atoms with Crippen LogP contribution in [-0.2, 0) is 4.74 Å². The number of para-hydroxylation sites is 1. The van der Waals surface area contributed by atoms with Crippen molar-refractivity contribution >= 4 is 11.8 Å². The summed E-state index contributed by atoms with van der Waals surface area (Å²) < 4.78 is 5.89. The van der Waals surface area contributed by atoms with Crippen molar-refractivity contribution < 1.29 is 9.53 Å². The number of carbonyl (C=O) groups is 1. The normalized spacial score (nSPS) is 25.8. The van der Waals surface area contributed by atoms with E-state index in [0.29, 0.717) is 12.5 Å². The minimum absolute atomic E-state index is 0.0515. The lowest BCUT2D eigenvalue weighted by Crippen LogP contribution is -2.53. The second kappa shape index (κ2) is 7.64. The SMILES string of the molecule is C=CCCCN(C(=O)O[C@H]1CN2CCC1CC2)c1ccccc1. The summed E-state index contributed by atoms with van der Waals surface area (Å²) in [5.74, 6) is 0.537. The Hall–Kier alpha value is -1.81. The van der Waals surface area contributed by atoms with Crippen molar-refractivity contribution in [3.05, 3.63) is 43.0 Å². The molecule has 3 aliphatic heterocycles. The molecular weight excluding hydrogens is 288 g/mol. The Labute approximate surface area is 138 Å². The van der Waals surface area contributed by atoms with Gasteiger partial charge < -0.3 is 4.74 Å². The fourth-order valence-corrected chi connectivity index (χ4v) is 3.56. The molecule has 3 saturated heterocycles. The molecule has 23 heavy (non-hydrogen) atoms. The third-order valence-corrected chi connectivity index (χ3v) is 4.93. The van der Waals surface area contributed by atoms with Gasteiger partial charge in [0.1, 0.15) is 6.10 Å². The number of allylic oxidation sites excluding steroid dienone is 1. The lowest BCUT2D eigenvalue weighted by Gasteiger charge is -2.44. The van der Waals surface area contributed by atoms with Gasteiger partial charge in [-0.15, -0.1) is 6.58 Å². The molecule has 0 saturated carbocycles. The van der Waals surface area contributed by atoms with E-state index in [1.54, 1.807) is 4.90 Å². The maximum absolute atomic E-state index is 12.7. The fraction of sp³-hybridized carbons (Fsp3) is 0.526. The molecule has 4 heteroatoms. The number of nitrogens with zero attached hydrogens (tertiary/aromatic N) is 2. The van der Waals surface area contributed by atoms with Crippen LogP contribution >= 0.6 is 0 Å². The van der Waals surface area contributed by atoms with Gasteiger partial charge in [-0.2, -0.15) is 0 Å². The Kier molecular flexibility index (Phi) is 5.34. The molecule has 2 bridgehead atoms. The van der Waals surface area contributed by atoms with Crippen LogP contribution in [0, 0.1) is 5.92 Å². The van der Waals surface area contributed by atoms with Crippen LogP contribution in [0.25, 0.3) is 0 Å². The predicted molar refractivity (Wildman–Crippen MR) is 92.7 cm³/mol. The van der Waals surface area contributed by atoms with Crippen molar-refractivity contribution in [2.45, 2.75) is 31.8 Å². The molecule has 4 rings (SSSR count). The zero-order valence-corrected chi connectivity index (χ0v) is 13.7. The summed E-state index contributed by atoms with van der Waals surface area (Å²) in [5.41, 5.74) is 0.905. The van der Waals surface area contributed by atoms with E-state index in [1.807, 2.05) is 36.4 Å². The molecule has 1 amide bonds. The van der Waals surface area contributed by atoms with E-state index < -0.39 is 0 Å². The number of fused-ring (bicyclic) bond motifs is 3. The van der Waals surface area contributed by atoms with E-state index >= 15 is 0 Å². The van der Waals surface area contributed by atoms with Crippen molar-refractivity contribution in [3.8, 4) is 0 Å². The van der Waals surface area contributed by atoms with Gasteiger partial charge in [0.05, 0.1) is 0 Å². The maximum Gasteiger partial charge on any atom is 0.414 e. The molecule has 1 atom stereocenters. The highest BCUT2D eigenvalue weighted by molar-refractivity contribution is 5.87. The number of ether oxygens (including phenoxy) is 1. The van der Waals surface area contributed by atoms with Crippen molar-refractivity contribution in [1.82, 2.24) is 4.90 Å². The third kappa shape index (κ3) is 3.94. The highest BCUT2D eigenvalue weighted by Crippen LogP contribution is 2.30. The number of hydrogen-bond donors (Lipinski definition) is 0. The summed E-state index contributed by atoms with van der Waals surface area (Å²) in [5, 5.41) is 0. The number of benzene rings is 1. The van der Waals surface area contributed by atoms with E-state index in [2.05, 4.69) is 11.5 Å². The summed E-state index contributed by atoms with van der Waals surface area (Å²) in [6, 6.07) is 9.80. The standard InChI is InChI=1S/C19H26N2O2/c1-2-3-7-12-21(17-8-5-4-6-9-17)19(22)23-18-15-20-13-10-16(18)11-14-20/h2,4-6,8-9,16,18H,1,3,7,10-15H2/t18-/m0/s1. The molecule has 0 aliphatic carbocycles. The van der Waals surface area contributed by atoms with Gasteiger partial charge in [0.25, 0.3) is 0 Å². The smallest absolute Gasteiger partial charge is 0.414 e. The Morgan fingerprint density at radius 1 is 1.30 bits per heavy atom. The molecule has 4 nitrogen and oxygen atoms in total. The molecule has 1 aromatic carbocycles. The third-order valence-electron chi connectivity index (χ3n) is 4.93. The minimum Gasteiger partial charge on any atom is -0.444 e. The van der Waals surface area contributed by atoms with Crippen LogP contribution in [-0.4, -0.2) is 43.3 Å². The highest BCUT2D eigenvalue weighted by atomic mass is 16.6. The Bertz CT molecular complexity index is 523. The van der Waals surface area contributed by atoms with Gasteiger partial charge in [-0.1, -0.05) is 24.3 Å². The Morgan fingerprint density at radius 3 is 2.65 bits per heavy atom. The van der Waals surface area contributed by atoms with Crippen LogP contribution in [0.1, 0.15) is 25.7 Å². The van der Waals surface area contributed by atoms with Crippen molar-refractivity contribution in [2.24, 2.45) is 5.92 Å². The van der Waals surface area contributed by atoms with Gasteiger partial charge >= 0.3 is 6.09 Å². The summed E-state index contributed by atoms with van der Waals surface area (Å²) in [6.45, 7) is 7.62. The van der Waals surface area contributed by atoms with Gasteiger partial charge in [0.2, 0.25) is 0 Å². The first kappa shape index (κ1) is 16.1. The Balaban J connectivity index is 1.66. The van der Waals surface area contributed by atoms with Crippen molar-refractivity contribution in [3.63, 3.8) is 0 Å². The molecule has 0 aromatic heterocycles. The fourth-order valence-electron chi connectivity index (χ4n) is 3.56. The van der Waals surface area contributed by atoms with Crippen LogP contribution in [0.4, 0.5) is 10.5 Å². The largest absolute Gasteiger partial charge is 0.444 e. The van der Waals surface area contributed by atoms with Gasteiger partial charge in [-0.05, 0) is 56.8 Å². The average molecular weight is 314 g/mol.